The summed E-state index contributed by atoms with van der Waals surface area (Å²) in [5.41, 5.74) is 1.67. The number of rotatable bonds is 2. The molecule has 0 fully saturated rings. The molecule has 1 aromatic heterocycles. The number of aromatic nitrogens is 4. The smallest absolute Gasteiger partial charge is 0.405 e. The molecule has 3 heterocycles. The first kappa shape index (κ1) is 10.6. The van der Waals surface area contributed by atoms with E-state index in [4.69, 9.17) is 4.42 Å². The van der Waals surface area contributed by atoms with E-state index in [9.17, 15) is 4.79 Å². The lowest BCUT2D eigenvalue weighted by atomic mass is 10.3. The van der Waals surface area contributed by atoms with Crippen molar-refractivity contribution in [3.63, 3.8) is 0 Å². The van der Waals surface area contributed by atoms with Crippen LogP contribution >= 0.6 is 0 Å². The van der Waals surface area contributed by atoms with Gasteiger partial charge in [0.1, 0.15) is 0 Å². The standard InChI is InChI=1S/C12H10N4O2/c1-8-5-14-9(6-13-8)7-16-4-2-3-10-11(16)15-12(17)18-10/h2-6H,7H2,1H3. The fourth-order valence-corrected chi connectivity index (χ4v) is 1.73. The molecule has 0 spiro atoms. The summed E-state index contributed by atoms with van der Waals surface area (Å²) in [5.74, 6) is 0.410. The van der Waals surface area contributed by atoms with Crippen LogP contribution in [0.15, 0.2) is 39.9 Å². The first-order valence-corrected chi connectivity index (χ1v) is 5.46. The van der Waals surface area contributed by atoms with Crippen LogP contribution in [0.1, 0.15) is 11.4 Å². The Morgan fingerprint density at radius 1 is 1.33 bits per heavy atom. The minimum absolute atomic E-state index is 0.475. The van der Waals surface area contributed by atoms with Crippen LogP contribution in [0.25, 0.3) is 11.6 Å². The van der Waals surface area contributed by atoms with Gasteiger partial charge in [0.05, 0.1) is 24.1 Å². The lowest BCUT2D eigenvalue weighted by Gasteiger charge is -2.08. The van der Waals surface area contributed by atoms with Crippen molar-refractivity contribution in [3.8, 4) is 11.6 Å². The zero-order valence-electron chi connectivity index (χ0n) is 9.70. The minimum atomic E-state index is -0.583. The average molecular weight is 242 g/mol. The molecular weight excluding hydrogens is 232 g/mol. The average Bonchev–Trinajstić information content (AvgIpc) is 2.73. The SMILES string of the molecule is Cc1cnc(Cn2cccc3oc(=O)nc2-3)cn1. The van der Waals surface area contributed by atoms with Crippen LogP contribution in [-0.2, 0) is 6.54 Å². The Morgan fingerprint density at radius 2 is 2.22 bits per heavy atom. The second-order valence-electron chi connectivity index (χ2n) is 3.95. The number of hydrogen-bond donors (Lipinski definition) is 0. The van der Waals surface area contributed by atoms with Crippen LogP contribution in [0.4, 0.5) is 0 Å². The van der Waals surface area contributed by atoms with Crippen LogP contribution in [0, 0.1) is 6.92 Å². The summed E-state index contributed by atoms with van der Waals surface area (Å²) >= 11 is 0. The quantitative estimate of drug-likeness (QED) is 0.672. The predicted molar refractivity (Wildman–Crippen MR) is 63.3 cm³/mol. The third kappa shape index (κ3) is 1.88. The lowest BCUT2D eigenvalue weighted by Crippen LogP contribution is -2.07. The molecule has 18 heavy (non-hydrogen) atoms. The highest BCUT2D eigenvalue weighted by Gasteiger charge is 2.13. The van der Waals surface area contributed by atoms with Gasteiger partial charge in [-0.25, -0.2) is 4.79 Å². The number of oxazole rings is 1. The highest BCUT2D eigenvalue weighted by molar-refractivity contribution is 5.47. The van der Waals surface area contributed by atoms with Crippen molar-refractivity contribution in [2.24, 2.45) is 0 Å². The van der Waals surface area contributed by atoms with Crippen LogP contribution in [0.2, 0.25) is 0 Å². The molecule has 0 aromatic carbocycles. The first-order valence-electron chi connectivity index (χ1n) is 5.46. The molecule has 0 amide bonds. The fraction of sp³-hybridized carbons (Fsp3) is 0.167. The lowest BCUT2D eigenvalue weighted by molar-refractivity contribution is 0.529. The van der Waals surface area contributed by atoms with Crippen molar-refractivity contribution in [1.82, 2.24) is 19.5 Å². The van der Waals surface area contributed by atoms with Gasteiger partial charge in [0, 0.05) is 12.4 Å². The van der Waals surface area contributed by atoms with Crippen molar-refractivity contribution in [2.75, 3.05) is 0 Å². The zero-order valence-corrected chi connectivity index (χ0v) is 9.70. The zero-order chi connectivity index (χ0) is 12.5. The minimum Gasteiger partial charge on any atom is -0.405 e. The third-order valence-corrected chi connectivity index (χ3v) is 2.57. The summed E-state index contributed by atoms with van der Waals surface area (Å²) in [6.07, 6.45) is 5.24. The molecule has 2 aliphatic rings. The van der Waals surface area contributed by atoms with E-state index in [2.05, 4.69) is 15.0 Å². The van der Waals surface area contributed by atoms with Crippen LogP contribution in [0.5, 0.6) is 0 Å². The Bertz CT molecular complexity index is 699. The van der Waals surface area contributed by atoms with Crippen LogP contribution in [-0.4, -0.2) is 19.5 Å². The van der Waals surface area contributed by atoms with Crippen molar-refractivity contribution in [3.05, 3.63) is 52.7 Å². The Morgan fingerprint density at radius 3 is 3.00 bits per heavy atom. The summed E-state index contributed by atoms with van der Waals surface area (Å²) in [7, 11) is 0. The number of aryl methyl sites for hydroxylation is 1. The topological polar surface area (TPSA) is 73.8 Å². The van der Waals surface area contributed by atoms with Gasteiger partial charge in [-0.2, -0.15) is 4.98 Å². The number of nitrogens with zero attached hydrogens (tertiary/aromatic N) is 4. The van der Waals surface area contributed by atoms with E-state index in [1.165, 1.54) is 0 Å². The summed E-state index contributed by atoms with van der Waals surface area (Å²) < 4.78 is 6.75. The van der Waals surface area contributed by atoms with Crippen molar-refractivity contribution in [2.45, 2.75) is 13.5 Å². The molecule has 0 saturated heterocycles. The molecule has 0 bridgehead atoms. The Kier molecular flexibility index (Phi) is 2.40. The van der Waals surface area contributed by atoms with Gasteiger partial charge >= 0.3 is 5.76 Å². The Labute approximate surface area is 102 Å². The van der Waals surface area contributed by atoms with E-state index in [0.717, 1.165) is 11.4 Å². The molecule has 0 atom stereocenters. The van der Waals surface area contributed by atoms with E-state index < -0.39 is 5.76 Å². The summed E-state index contributed by atoms with van der Waals surface area (Å²) in [4.78, 5) is 23.4. The normalized spacial score (nSPS) is 10.9. The van der Waals surface area contributed by atoms with Gasteiger partial charge in [0.15, 0.2) is 11.6 Å². The number of hydrogen-bond acceptors (Lipinski definition) is 5. The molecule has 0 aliphatic carbocycles. The maximum absolute atomic E-state index is 11.1. The molecule has 2 aliphatic heterocycles. The van der Waals surface area contributed by atoms with Gasteiger partial charge in [0.2, 0.25) is 0 Å². The van der Waals surface area contributed by atoms with Gasteiger partial charge in [-0.15, -0.1) is 0 Å². The number of pyridine rings is 1. The van der Waals surface area contributed by atoms with Gasteiger partial charge in [0.25, 0.3) is 0 Å². The van der Waals surface area contributed by atoms with E-state index in [0.29, 0.717) is 18.1 Å². The van der Waals surface area contributed by atoms with Crippen LogP contribution in [0.3, 0.4) is 0 Å². The first-order chi connectivity index (χ1) is 8.72. The van der Waals surface area contributed by atoms with Gasteiger partial charge in [-0.1, -0.05) is 0 Å². The molecule has 0 N–H and O–H groups in total. The van der Waals surface area contributed by atoms with E-state index in [-0.39, 0.29) is 0 Å². The predicted octanol–water partition coefficient (Wildman–Crippen LogP) is 1.09. The molecule has 0 unspecified atom stereocenters. The summed E-state index contributed by atoms with van der Waals surface area (Å²) in [6, 6.07) is 3.51. The highest BCUT2D eigenvalue weighted by Crippen LogP contribution is 2.17. The van der Waals surface area contributed by atoms with Crippen molar-refractivity contribution < 1.29 is 4.42 Å². The van der Waals surface area contributed by atoms with E-state index in [1.807, 2.05) is 13.1 Å². The van der Waals surface area contributed by atoms with Crippen molar-refractivity contribution in [1.29, 1.82) is 0 Å². The molecule has 1 aromatic rings. The molecule has 90 valence electrons. The largest absolute Gasteiger partial charge is 0.441 e. The van der Waals surface area contributed by atoms with E-state index in [1.54, 1.807) is 29.1 Å². The molecule has 0 saturated carbocycles. The van der Waals surface area contributed by atoms with E-state index >= 15 is 0 Å². The molecule has 0 radical (unpaired) electrons. The maximum atomic E-state index is 11.1. The Balaban J connectivity index is 2.00. The molecule has 6 nitrogen and oxygen atoms in total. The van der Waals surface area contributed by atoms with Crippen LogP contribution < -0.4 is 5.76 Å². The van der Waals surface area contributed by atoms with Gasteiger partial charge < -0.3 is 8.98 Å². The van der Waals surface area contributed by atoms with Gasteiger partial charge in [-0.3, -0.25) is 9.97 Å². The Hall–Kier alpha value is -2.50. The summed E-state index contributed by atoms with van der Waals surface area (Å²) in [5, 5.41) is 0. The molecular formula is C12H10N4O2. The second-order valence-corrected chi connectivity index (χ2v) is 3.95. The number of fused-ring (bicyclic) bond motifs is 1. The third-order valence-electron chi connectivity index (χ3n) is 2.57. The van der Waals surface area contributed by atoms with Crippen molar-refractivity contribution >= 4 is 0 Å². The molecule has 3 rings (SSSR count). The van der Waals surface area contributed by atoms with Gasteiger partial charge in [-0.05, 0) is 19.1 Å². The maximum Gasteiger partial charge on any atom is 0.441 e. The fourth-order valence-electron chi connectivity index (χ4n) is 1.73. The highest BCUT2D eigenvalue weighted by atomic mass is 16.4. The summed E-state index contributed by atoms with van der Waals surface area (Å²) in [6.45, 7) is 2.38. The molecule has 6 heteroatoms. The second kappa shape index (κ2) is 4.06. The monoisotopic (exact) mass is 242 g/mol.